The molecule has 1 aliphatic rings. The van der Waals surface area contributed by atoms with Crippen LogP contribution >= 0.6 is 0 Å². The van der Waals surface area contributed by atoms with Gasteiger partial charge in [-0.25, -0.2) is 9.18 Å². The summed E-state index contributed by atoms with van der Waals surface area (Å²) in [6.07, 6.45) is 1.49. The van der Waals surface area contributed by atoms with Crippen molar-refractivity contribution in [3.8, 4) is 0 Å². The lowest BCUT2D eigenvalue weighted by molar-refractivity contribution is -0.137. The molecule has 166 valence electrons. The van der Waals surface area contributed by atoms with Crippen LogP contribution in [-0.4, -0.2) is 66.9 Å². The van der Waals surface area contributed by atoms with Gasteiger partial charge in [0.2, 0.25) is 5.91 Å². The second kappa shape index (κ2) is 10.9. The molecule has 31 heavy (non-hydrogen) atoms. The maximum atomic E-state index is 14.2. The van der Waals surface area contributed by atoms with E-state index in [0.29, 0.717) is 31.7 Å². The number of benzene rings is 2. The van der Waals surface area contributed by atoms with Gasteiger partial charge < -0.3 is 20.0 Å². The molecule has 2 aromatic carbocycles. The molecule has 0 saturated carbocycles. The minimum Gasteiger partial charge on any atom is -0.337 e. The third-order valence-electron chi connectivity index (χ3n) is 5.53. The summed E-state index contributed by atoms with van der Waals surface area (Å²) >= 11 is 0. The van der Waals surface area contributed by atoms with Gasteiger partial charge in [-0.1, -0.05) is 36.4 Å². The maximum absolute atomic E-state index is 14.2. The topological polar surface area (TPSA) is 55.9 Å². The monoisotopic (exact) mass is 426 g/mol. The van der Waals surface area contributed by atoms with Crippen LogP contribution in [0.2, 0.25) is 0 Å². The molecule has 0 spiro atoms. The first-order valence-electron chi connectivity index (χ1n) is 10.7. The average molecular weight is 427 g/mol. The highest BCUT2D eigenvalue weighted by molar-refractivity contribution is 5.90. The Bertz CT molecular complexity index is 875. The lowest BCUT2D eigenvalue weighted by atomic mass is 9.96. The predicted molar refractivity (Wildman–Crippen MR) is 120 cm³/mol. The molecule has 2 aromatic rings. The van der Waals surface area contributed by atoms with E-state index in [-0.39, 0.29) is 30.2 Å². The summed E-state index contributed by atoms with van der Waals surface area (Å²) in [5, 5.41) is 2.89. The minimum absolute atomic E-state index is 0.0256. The van der Waals surface area contributed by atoms with E-state index in [1.54, 1.807) is 28.0 Å². The zero-order chi connectivity index (χ0) is 22.2. The van der Waals surface area contributed by atoms with Gasteiger partial charge in [-0.3, -0.25) is 4.79 Å². The van der Waals surface area contributed by atoms with Gasteiger partial charge in [-0.2, -0.15) is 0 Å². The standard InChI is InChI=1S/C24H31FN4O2/c1-27(2)15-16-28(17-19-9-6-7-13-22(19)25)23(30)20-10-8-14-29(18-20)24(31)26-21-11-4-3-5-12-21/h3-7,9,11-13,20H,8,10,14-18H2,1-2H3,(H,26,31). The number of carbonyl (C=O) groups is 2. The van der Waals surface area contributed by atoms with Crippen molar-refractivity contribution in [3.05, 3.63) is 66.0 Å². The first-order valence-corrected chi connectivity index (χ1v) is 10.7. The minimum atomic E-state index is -0.308. The number of hydrogen-bond acceptors (Lipinski definition) is 3. The highest BCUT2D eigenvalue weighted by Gasteiger charge is 2.31. The number of nitrogens with zero attached hydrogens (tertiary/aromatic N) is 3. The van der Waals surface area contributed by atoms with E-state index >= 15 is 0 Å². The van der Waals surface area contributed by atoms with Crippen molar-refractivity contribution in [3.63, 3.8) is 0 Å². The van der Waals surface area contributed by atoms with Gasteiger partial charge >= 0.3 is 6.03 Å². The van der Waals surface area contributed by atoms with Crippen LogP contribution in [0.4, 0.5) is 14.9 Å². The molecule has 3 amide bonds. The van der Waals surface area contributed by atoms with Crippen LogP contribution in [0.25, 0.3) is 0 Å². The number of carbonyl (C=O) groups excluding carboxylic acids is 2. The molecule has 1 unspecified atom stereocenters. The lowest BCUT2D eigenvalue weighted by Gasteiger charge is -2.35. The number of piperidine rings is 1. The third kappa shape index (κ3) is 6.52. The Kier molecular flexibility index (Phi) is 8.00. The molecule has 1 N–H and O–H groups in total. The van der Waals surface area contributed by atoms with E-state index in [0.717, 1.165) is 18.5 Å². The summed E-state index contributed by atoms with van der Waals surface area (Å²) in [6, 6.07) is 15.7. The molecule has 1 fully saturated rings. The molecule has 3 rings (SSSR count). The molecule has 1 heterocycles. The first-order chi connectivity index (χ1) is 14.9. The lowest BCUT2D eigenvalue weighted by Crippen LogP contribution is -2.48. The molecule has 0 bridgehead atoms. The van der Waals surface area contributed by atoms with E-state index in [1.807, 2.05) is 49.3 Å². The van der Waals surface area contributed by atoms with Crippen LogP contribution in [0.1, 0.15) is 18.4 Å². The second-order valence-electron chi connectivity index (χ2n) is 8.24. The molecule has 0 aliphatic carbocycles. The van der Waals surface area contributed by atoms with E-state index in [9.17, 15) is 14.0 Å². The first kappa shape index (κ1) is 22.7. The molecule has 0 aromatic heterocycles. The number of nitrogens with one attached hydrogen (secondary N) is 1. The maximum Gasteiger partial charge on any atom is 0.321 e. The highest BCUT2D eigenvalue weighted by Crippen LogP contribution is 2.22. The van der Waals surface area contributed by atoms with Crippen LogP contribution in [0.15, 0.2) is 54.6 Å². The summed E-state index contributed by atoms with van der Waals surface area (Å²) in [5.74, 6) is -0.621. The summed E-state index contributed by atoms with van der Waals surface area (Å²) in [6.45, 7) is 2.41. The summed E-state index contributed by atoms with van der Waals surface area (Å²) in [4.78, 5) is 31.5. The van der Waals surface area contributed by atoms with Gasteiger partial charge in [-0.05, 0) is 45.1 Å². The molecule has 7 heteroatoms. The Morgan fingerprint density at radius 1 is 1.06 bits per heavy atom. The fraction of sp³-hybridized carbons (Fsp3) is 0.417. The van der Waals surface area contributed by atoms with Crippen molar-refractivity contribution in [1.29, 1.82) is 0 Å². The van der Waals surface area contributed by atoms with Gasteiger partial charge in [0, 0.05) is 44.0 Å². The number of halogens is 1. The second-order valence-corrected chi connectivity index (χ2v) is 8.24. The number of rotatable bonds is 7. The van der Waals surface area contributed by atoms with Crippen molar-refractivity contribution < 1.29 is 14.0 Å². The van der Waals surface area contributed by atoms with Gasteiger partial charge in [0.1, 0.15) is 5.82 Å². The van der Waals surface area contributed by atoms with E-state index in [2.05, 4.69) is 5.32 Å². The van der Waals surface area contributed by atoms with Crippen LogP contribution in [-0.2, 0) is 11.3 Å². The zero-order valence-electron chi connectivity index (χ0n) is 18.3. The normalized spacial score (nSPS) is 16.3. The SMILES string of the molecule is CN(C)CCN(Cc1ccccc1F)C(=O)C1CCCN(C(=O)Nc2ccccc2)C1. The van der Waals surface area contributed by atoms with Gasteiger partial charge in [0.05, 0.1) is 5.92 Å². The third-order valence-corrected chi connectivity index (χ3v) is 5.53. The number of hydrogen-bond donors (Lipinski definition) is 1. The molecule has 0 radical (unpaired) electrons. The van der Waals surface area contributed by atoms with Crippen LogP contribution in [0, 0.1) is 11.7 Å². The average Bonchev–Trinajstić information content (AvgIpc) is 2.78. The molecule has 1 aliphatic heterocycles. The zero-order valence-corrected chi connectivity index (χ0v) is 18.3. The fourth-order valence-corrected chi connectivity index (χ4v) is 3.77. The highest BCUT2D eigenvalue weighted by atomic mass is 19.1. The summed E-state index contributed by atoms with van der Waals surface area (Å²) in [5.41, 5.74) is 1.23. The molecular weight excluding hydrogens is 395 g/mol. The quantitative estimate of drug-likeness (QED) is 0.735. The van der Waals surface area contributed by atoms with E-state index < -0.39 is 0 Å². The predicted octanol–water partition coefficient (Wildman–Crippen LogP) is 3.66. The van der Waals surface area contributed by atoms with Crippen molar-refractivity contribution in [2.75, 3.05) is 45.6 Å². The number of amides is 3. The van der Waals surface area contributed by atoms with Crippen molar-refractivity contribution in [2.45, 2.75) is 19.4 Å². The fourth-order valence-electron chi connectivity index (χ4n) is 3.77. The number of anilines is 1. The largest absolute Gasteiger partial charge is 0.337 e. The Morgan fingerprint density at radius 3 is 2.48 bits per heavy atom. The van der Waals surface area contributed by atoms with E-state index in [4.69, 9.17) is 0 Å². The Labute approximate surface area is 183 Å². The number of likely N-dealkylation sites (N-methyl/N-ethyl adjacent to an activating group) is 1. The van der Waals surface area contributed by atoms with Crippen molar-refractivity contribution >= 4 is 17.6 Å². The Hall–Kier alpha value is -2.93. The van der Waals surface area contributed by atoms with Crippen LogP contribution in [0.5, 0.6) is 0 Å². The smallest absolute Gasteiger partial charge is 0.321 e. The van der Waals surface area contributed by atoms with Gasteiger partial charge in [0.15, 0.2) is 0 Å². The van der Waals surface area contributed by atoms with Crippen LogP contribution in [0.3, 0.4) is 0 Å². The molecule has 6 nitrogen and oxygen atoms in total. The summed E-state index contributed by atoms with van der Waals surface area (Å²) in [7, 11) is 3.89. The molecular formula is C24H31FN4O2. The van der Waals surface area contributed by atoms with Gasteiger partial charge in [0.25, 0.3) is 0 Å². The van der Waals surface area contributed by atoms with E-state index in [1.165, 1.54) is 6.07 Å². The van der Waals surface area contributed by atoms with Crippen molar-refractivity contribution in [1.82, 2.24) is 14.7 Å². The Morgan fingerprint density at radius 2 is 1.77 bits per heavy atom. The number of likely N-dealkylation sites (tertiary alicyclic amines) is 1. The Balaban J connectivity index is 1.67. The molecule has 1 atom stereocenters. The van der Waals surface area contributed by atoms with Gasteiger partial charge in [-0.15, -0.1) is 0 Å². The van der Waals surface area contributed by atoms with Crippen molar-refractivity contribution in [2.24, 2.45) is 5.92 Å². The number of para-hydroxylation sites is 1. The number of urea groups is 1. The summed E-state index contributed by atoms with van der Waals surface area (Å²) < 4.78 is 14.2. The van der Waals surface area contributed by atoms with Crippen LogP contribution < -0.4 is 5.32 Å². The molecule has 1 saturated heterocycles.